The Labute approximate surface area is 177 Å². The van der Waals surface area contributed by atoms with Gasteiger partial charge in [0.25, 0.3) is 0 Å². The molecule has 0 saturated carbocycles. The summed E-state index contributed by atoms with van der Waals surface area (Å²) < 4.78 is 32.7. The molecule has 30 heavy (non-hydrogen) atoms. The summed E-state index contributed by atoms with van der Waals surface area (Å²) in [7, 11) is 1.68. The van der Waals surface area contributed by atoms with E-state index in [0.29, 0.717) is 24.5 Å². The number of hydrogen-bond donors (Lipinski definition) is 2. The van der Waals surface area contributed by atoms with Crippen LogP contribution in [-0.2, 0) is 11.2 Å². The minimum atomic E-state index is -0.831. The van der Waals surface area contributed by atoms with Gasteiger partial charge in [-0.15, -0.1) is 0 Å². The van der Waals surface area contributed by atoms with Gasteiger partial charge in [-0.3, -0.25) is 4.99 Å². The van der Waals surface area contributed by atoms with Crippen molar-refractivity contribution in [2.75, 3.05) is 13.6 Å². The number of carbonyl (C=O) groups is 1. The summed E-state index contributed by atoms with van der Waals surface area (Å²) in [6.45, 7) is 6.08. The molecule has 0 aliphatic carbocycles. The molecule has 0 radical (unpaired) electrons. The number of nitrogens with one attached hydrogen (secondary N) is 2. The number of guanidine groups is 1. The quantitative estimate of drug-likeness (QED) is 0.575. The lowest BCUT2D eigenvalue weighted by molar-refractivity contribution is 0.00545. The monoisotopic (exact) mass is 422 g/mol. The Kier molecular flexibility index (Phi) is 6.83. The van der Waals surface area contributed by atoms with Crippen molar-refractivity contribution in [1.29, 1.82) is 0 Å². The molecule has 2 heterocycles. The highest BCUT2D eigenvalue weighted by Crippen LogP contribution is 2.36. The van der Waals surface area contributed by atoms with E-state index in [1.54, 1.807) is 13.1 Å². The summed E-state index contributed by atoms with van der Waals surface area (Å²) in [5.41, 5.74) is -0.166. The smallest absolute Gasteiger partial charge is 0.410 e. The van der Waals surface area contributed by atoms with Gasteiger partial charge in [-0.25, -0.2) is 13.6 Å². The van der Waals surface area contributed by atoms with Crippen LogP contribution in [0.3, 0.4) is 0 Å². The SMILES string of the molecule is CN=C(NCCc1cccc(F)c1F)NC1CC2CCC(C1)N2C(=O)OC(C)(C)C. The van der Waals surface area contributed by atoms with Crippen molar-refractivity contribution in [3.8, 4) is 0 Å². The number of amides is 1. The number of benzene rings is 1. The zero-order valence-corrected chi connectivity index (χ0v) is 18.2. The number of aliphatic imine (C=N–C) groups is 1. The third-order valence-corrected chi connectivity index (χ3v) is 5.62. The van der Waals surface area contributed by atoms with E-state index < -0.39 is 17.2 Å². The summed E-state index contributed by atoms with van der Waals surface area (Å²) in [6, 6.07) is 4.73. The van der Waals surface area contributed by atoms with E-state index in [-0.39, 0.29) is 24.2 Å². The molecule has 1 amide bonds. The lowest BCUT2D eigenvalue weighted by Gasteiger charge is -2.40. The van der Waals surface area contributed by atoms with Crippen LogP contribution in [0.25, 0.3) is 0 Å². The highest BCUT2D eigenvalue weighted by molar-refractivity contribution is 5.80. The molecule has 1 aromatic carbocycles. The maximum atomic E-state index is 13.8. The largest absolute Gasteiger partial charge is 0.444 e. The molecule has 2 N–H and O–H groups in total. The lowest BCUT2D eigenvalue weighted by Crippen LogP contribution is -2.55. The average Bonchev–Trinajstić information content (AvgIpc) is 2.94. The van der Waals surface area contributed by atoms with Gasteiger partial charge in [0.2, 0.25) is 0 Å². The molecule has 2 aliphatic heterocycles. The van der Waals surface area contributed by atoms with Crippen molar-refractivity contribution in [1.82, 2.24) is 15.5 Å². The third-order valence-electron chi connectivity index (χ3n) is 5.62. The molecule has 166 valence electrons. The molecule has 3 rings (SSSR count). The van der Waals surface area contributed by atoms with Crippen LogP contribution in [0.5, 0.6) is 0 Å². The molecule has 8 heteroatoms. The van der Waals surface area contributed by atoms with Crippen LogP contribution in [0.2, 0.25) is 0 Å². The third kappa shape index (κ3) is 5.40. The summed E-state index contributed by atoms with van der Waals surface area (Å²) in [6.07, 6.45) is 3.74. The first-order chi connectivity index (χ1) is 14.2. The second-order valence-corrected chi connectivity index (χ2v) is 9.05. The number of fused-ring (bicyclic) bond motifs is 2. The molecule has 2 unspecified atom stereocenters. The second kappa shape index (κ2) is 9.18. The van der Waals surface area contributed by atoms with Crippen molar-refractivity contribution >= 4 is 12.1 Å². The number of rotatable bonds is 4. The molecule has 2 atom stereocenters. The van der Waals surface area contributed by atoms with Crippen LogP contribution >= 0.6 is 0 Å². The van der Waals surface area contributed by atoms with Crippen molar-refractivity contribution in [2.24, 2.45) is 4.99 Å². The molecule has 2 fully saturated rings. The Hall–Kier alpha value is -2.38. The molecule has 2 saturated heterocycles. The van der Waals surface area contributed by atoms with Gasteiger partial charge in [-0.05, 0) is 64.5 Å². The Morgan fingerprint density at radius 3 is 2.50 bits per heavy atom. The number of nitrogens with zero attached hydrogens (tertiary/aromatic N) is 2. The summed E-state index contributed by atoms with van der Waals surface area (Å²) in [4.78, 5) is 18.7. The number of piperidine rings is 1. The molecular weight excluding hydrogens is 390 g/mol. The summed E-state index contributed by atoms with van der Waals surface area (Å²) >= 11 is 0. The Morgan fingerprint density at radius 2 is 1.90 bits per heavy atom. The van der Waals surface area contributed by atoms with Gasteiger partial charge in [-0.1, -0.05) is 12.1 Å². The normalized spacial score (nSPS) is 24.0. The maximum absolute atomic E-state index is 13.8. The topological polar surface area (TPSA) is 66.0 Å². The fraction of sp³-hybridized carbons (Fsp3) is 0.636. The van der Waals surface area contributed by atoms with Crippen molar-refractivity contribution in [3.63, 3.8) is 0 Å². The van der Waals surface area contributed by atoms with Gasteiger partial charge < -0.3 is 20.3 Å². The molecule has 0 aromatic heterocycles. The lowest BCUT2D eigenvalue weighted by atomic mass is 9.98. The fourth-order valence-electron chi connectivity index (χ4n) is 4.35. The van der Waals surface area contributed by atoms with Crippen LogP contribution in [-0.4, -0.2) is 54.3 Å². The summed E-state index contributed by atoms with van der Waals surface area (Å²) in [5.74, 6) is -1.00. The predicted octanol–water partition coefficient (Wildman–Crippen LogP) is 3.60. The molecular formula is C22H32F2N4O2. The highest BCUT2D eigenvalue weighted by atomic mass is 19.2. The predicted molar refractivity (Wildman–Crippen MR) is 112 cm³/mol. The van der Waals surface area contributed by atoms with Crippen LogP contribution in [0.1, 0.15) is 52.0 Å². The van der Waals surface area contributed by atoms with Crippen LogP contribution in [0.15, 0.2) is 23.2 Å². The van der Waals surface area contributed by atoms with Gasteiger partial charge in [0, 0.05) is 31.7 Å². The Balaban J connectivity index is 1.50. The fourth-order valence-corrected chi connectivity index (χ4v) is 4.35. The molecule has 0 spiro atoms. The van der Waals surface area contributed by atoms with E-state index in [1.165, 1.54) is 6.07 Å². The minimum Gasteiger partial charge on any atom is -0.444 e. The van der Waals surface area contributed by atoms with Gasteiger partial charge >= 0.3 is 6.09 Å². The minimum absolute atomic E-state index is 0.163. The van der Waals surface area contributed by atoms with Crippen molar-refractivity contribution < 1.29 is 18.3 Å². The molecule has 2 aliphatic rings. The first-order valence-corrected chi connectivity index (χ1v) is 10.6. The number of carbonyl (C=O) groups excluding carboxylic acids is 1. The van der Waals surface area contributed by atoms with Crippen LogP contribution < -0.4 is 10.6 Å². The van der Waals surface area contributed by atoms with E-state index in [2.05, 4.69) is 15.6 Å². The maximum Gasteiger partial charge on any atom is 0.410 e. The van der Waals surface area contributed by atoms with E-state index in [1.807, 2.05) is 25.7 Å². The average molecular weight is 423 g/mol. The second-order valence-electron chi connectivity index (χ2n) is 9.05. The van der Waals surface area contributed by atoms with E-state index >= 15 is 0 Å². The molecule has 1 aromatic rings. The van der Waals surface area contributed by atoms with E-state index in [4.69, 9.17) is 4.74 Å². The Bertz CT molecular complexity index is 780. The van der Waals surface area contributed by atoms with E-state index in [9.17, 15) is 13.6 Å². The van der Waals surface area contributed by atoms with Gasteiger partial charge in [-0.2, -0.15) is 0 Å². The summed E-state index contributed by atoms with van der Waals surface area (Å²) in [5, 5.41) is 6.59. The zero-order valence-electron chi connectivity index (χ0n) is 18.2. The highest BCUT2D eigenvalue weighted by Gasteiger charge is 2.45. The van der Waals surface area contributed by atoms with E-state index in [0.717, 1.165) is 31.7 Å². The molecule has 2 bridgehead atoms. The number of halogens is 2. The van der Waals surface area contributed by atoms with Gasteiger partial charge in [0.15, 0.2) is 17.6 Å². The first-order valence-electron chi connectivity index (χ1n) is 10.6. The zero-order chi connectivity index (χ0) is 21.9. The van der Waals surface area contributed by atoms with Crippen LogP contribution in [0, 0.1) is 11.6 Å². The number of ether oxygens (including phenoxy) is 1. The van der Waals surface area contributed by atoms with Gasteiger partial charge in [0.05, 0.1) is 0 Å². The van der Waals surface area contributed by atoms with Crippen molar-refractivity contribution in [2.45, 2.75) is 76.6 Å². The van der Waals surface area contributed by atoms with Crippen LogP contribution in [0.4, 0.5) is 13.6 Å². The van der Waals surface area contributed by atoms with Crippen molar-refractivity contribution in [3.05, 3.63) is 35.4 Å². The first kappa shape index (κ1) is 22.3. The standard InChI is InChI=1S/C22H32F2N4O2/c1-22(2,3)30-21(29)28-16-8-9-17(28)13-15(12-16)27-20(25-4)26-11-10-14-6-5-7-18(23)19(14)24/h5-7,15-17H,8-13H2,1-4H3,(H2,25,26,27). The Morgan fingerprint density at radius 1 is 1.23 bits per heavy atom. The van der Waals surface area contributed by atoms with Gasteiger partial charge in [0.1, 0.15) is 5.60 Å². The number of hydrogen-bond acceptors (Lipinski definition) is 3. The molecule has 6 nitrogen and oxygen atoms in total.